The number of piperidine rings is 1. The average molecular weight is 491 g/mol. The molecule has 11 heteroatoms. The summed E-state index contributed by atoms with van der Waals surface area (Å²) in [7, 11) is 0. The second-order valence-corrected chi connectivity index (χ2v) is 9.84. The SMILES string of the molecule is O=C1CCC(N2C(=O)c3ccc(CN4CCN(c5ncnc6ccsc56)CC4)cc3C2=O)C(=O)N1. The zero-order chi connectivity index (χ0) is 24.1. The third-order valence-corrected chi connectivity index (χ3v) is 7.71. The molecule has 5 heterocycles. The number of imide groups is 2. The van der Waals surface area contributed by atoms with Crippen LogP contribution in [0.25, 0.3) is 10.2 Å². The quantitative estimate of drug-likeness (QED) is 0.546. The second-order valence-electron chi connectivity index (χ2n) is 8.92. The highest BCUT2D eigenvalue weighted by atomic mass is 32.1. The van der Waals surface area contributed by atoms with E-state index in [-0.39, 0.29) is 18.7 Å². The Balaban J connectivity index is 1.14. The van der Waals surface area contributed by atoms with Crippen molar-refractivity contribution < 1.29 is 19.2 Å². The highest BCUT2D eigenvalue weighted by molar-refractivity contribution is 7.17. The van der Waals surface area contributed by atoms with Crippen molar-refractivity contribution >= 4 is 51.0 Å². The lowest BCUT2D eigenvalue weighted by molar-refractivity contribution is -0.136. The van der Waals surface area contributed by atoms with Gasteiger partial charge in [-0.05, 0) is 35.6 Å². The molecule has 35 heavy (non-hydrogen) atoms. The van der Waals surface area contributed by atoms with Crippen LogP contribution in [0.4, 0.5) is 5.82 Å². The zero-order valence-corrected chi connectivity index (χ0v) is 19.6. The number of hydrogen-bond donors (Lipinski definition) is 1. The van der Waals surface area contributed by atoms with E-state index in [0.29, 0.717) is 17.7 Å². The van der Waals surface area contributed by atoms with Gasteiger partial charge in [0, 0.05) is 39.1 Å². The number of nitrogens with zero attached hydrogens (tertiary/aromatic N) is 5. The van der Waals surface area contributed by atoms with E-state index in [0.717, 1.165) is 52.7 Å². The van der Waals surface area contributed by atoms with Crippen molar-refractivity contribution in [1.82, 2.24) is 25.1 Å². The Bertz CT molecular complexity index is 1380. The Morgan fingerprint density at radius 2 is 1.77 bits per heavy atom. The molecule has 10 nitrogen and oxygen atoms in total. The van der Waals surface area contributed by atoms with E-state index in [4.69, 9.17) is 0 Å². The predicted molar refractivity (Wildman–Crippen MR) is 128 cm³/mol. The maximum atomic E-state index is 13.1. The standard InChI is InChI=1S/C24H22N6O4S/c31-19-4-3-18(22(32)27-19)30-23(33)15-2-1-14(11-16(15)24(30)34)12-28-6-8-29(9-7-28)21-20-17(5-10-35-20)25-13-26-21/h1-2,5,10-11,13,18H,3-4,6-9,12H2,(H,27,31,32). The smallest absolute Gasteiger partial charge is 0.262 e. The van der Waals surface area contributed by atoms with Gasteiger partial charge in [-0.2, -0.15) is 0 Å². The van der Waals surface area contributed by atoms with E-state index >= 15 is 0 Å². The van der Waals surface area contributed by atoms with Crippen LogP contribution in [-0.2, 0) is 16.1 Å². The molecule has 2 aromatic heterocycles. The minimum absolute atomic E-state index is 0.105. The molecule has 1 N–H and O–H groups in total. The molecule has 0 bridgehead atoms. The molecule has 0 aliphatic carbocycles. The van der Waals surface area contributed by atoms with E-state index in [2.05, 4.69) is 25.1 Å². The molecule has 178 valence electrons. The van der Waals surface area contributed by atoms with E-state index in [1.54, 1.807) is 29.8 Å². The molecule has 0 saturated carbocycles. The normalized spacial score (nSPS) is 21.1. The number of anilines is 1. The highest BCUT2D eigenvalue weighted by Crippen LogP contribution is 2.30. The number of rotatable bonds is 4. The molecule has 1 aromatic carbocycles. The maximum Gasteiger partial charge on any atom is 0.262 e. The van der Waals surface area contributed by atoms with Gasteiger partial charge in [-0.3, -0.25) is 34.3 Å². The van der Waals surface area contributed by atoms with Crippen molar-refractivity contribution in [3.63, 3.8) is 0 Å². The van der Waals surface area contributed by atoms with Gasteiger partial charge in [0.25, 0.3) is 11.8 Å². The molecule has 1 unspecified atom stereocenters. The summed E-state index contributed by atoms with van der Waals surface area (Å²) in [6.07, 6.45) is 1.86. The van der Waals surface area contributed by atoms with E-state index in [1.807, 2.05) is 17.5 Å². The van der Waals surface area contributed by atoms with Gasteiger partial charge in [0.05, 0.1) is 21.3 Å². The third kappa shape index (κ3) is 3.76. The molecule has 2 saturated heterocycles. The lowest BCUT2D eigenvalue weighted by Gasteiger charge is -2.35. The van der Waals surface area contributed by atoms with Gasteiger partial charge in [-0.25, -0.2) is 9.97 Å². The summed E-state index contributed by atoms with van der Waals surface area (Å²) in [5.74, 6) is -0.971. The zero-order valence-electron chi connectivity index (χ0n) is 18.8. The summed E-state index contributed by atoms with van der Waals surface area (Å²) in [6, 6.07) is 6.34. The summed E-state index contributed by atoms with van der Waals surface area (Å²) in [6.45, 7) is 3.98. The third-order valence-electron chi connectivity index (χ3n) is 6.81. The minimum atomic E-state index is -0.951. The lowest BCUT2D eigenvalue weighted by Crippen LogP contribution is -2.54. The number of carbonyl (C=O) groups is 4. The molecule has 0 spiro atoms. The number of amides is 4. The molecule has 6 rings (SSSR count). The molecule has 3 aromatic rings. The maximum absolute atomic E-state index is 13.1. The number of benzene rings is 1. The Morgan fingerprint density at radius 3 is 2.57 bits per heavy atom. The van der Waals surface area contributed by atoms with Crippen molar-refractivity contribution in [1.29, 1.82) is 0 Å². The summed E-state index contributed by atoms with van der Waals surface area (Å²) >= 11 is 1.65. The number of aromatic nitrogens is 2. The number of nitrogens with one attached hydrogen (secondary N) is 1. The largest absolute Gasteiger partial charge is 0.353 e. The number of piperazine rings is 1. The van der Waals surface area contributed by atoms with Gasteiger partial charge in [-0.15, -0.1) is 11.3 Å². The first-order valence-corrected chi connectivity index (χ1v) is 12.4. The number of carbonyl (C=O) groups excluding carboxylic acids is 4. The van der Waals surface area contributed by atoms with E-state index in [1.165, 1.54) is 0 Å². The number of fused-ring (bicyclic) bond motifs is 2. The van der Waals surface area contributed by atoms with Crippen LogP contribution in [-0.4, -0.2) is 75.6 Å². The molecule has 2 fully saturated rings. The summed E-state index contributed by atoms with van der Waals surface area (Å²) in [5.41, 5.74) is 2.52. The van der Waals surface area contributed by atoms with Crippen LogP contribution < -0.4 is 10.2 Å². The van der Waals surface area contributed by atoms with Crippen LogP contribution >= 0.6 is 11.3 Å². The molecule has 1 atom stereocenters. The van der Waals surface area contributed by atoms with Crippen molar-refractivity contribution in [3.05, 3.63) is 52.7 Å². The molecule has 0 radical (unpaired) electrons. The topological polar surface area (TPSA) is 116 Å². The van der Waals surface area contributed by atoms with Gasteiger partial charge < -0.3 is 4.90 Å². The molecular weight excluding hydrogens is 468 g/mol. The highest BCUT2D eigenvalue weighted by Gasteiger charge is 2.44. The fourth-order valence-corrected chi connectivity index (χ4v) is 5.86. The van der Waals surface area contributed by atoms with Crippen molar-refractivity contribution in [2.75, 3.05) is 31.1 Å². The van der Waals surface area contributed by atoms with Crippen LogP contribution in [0, 0.1) is 0 Å². The van der Waals surface area contributed by atoms with E-state index in [9.17, 15) is 19.2 Å². The van der Waals surface area contributed by atoms with Crippen molar-refractivity contribution in [2.24, 2.45) is 0 Å². The fraction of sp³-hybridized carbons (Fsp3) is 0.333. The molecule has 3 aliphatic heterocycles. The Kier molecular flexibility index (Phi) is 5.30. The lowest BCUT2D eigenvalue weighted by atomic mass is 10.0. The van der Waals surface area contributed by atoms with Crippen molar-refractivity contribution in [2.45, 2.75) is 25.4 Å². The first-order valence-electron chi connectivity index (χ1n) is 11.5. The number of thiophene rings is 1. The Hall–Kier alpha value is -3.70. The predicted octanol–water partition coefficient (Wildman–Crippen LogP) is 1.41. The summed E-state index contributed by atoms with van der Waals surface area (Å²) in [5, 5.41) is 4.25. The Labute approximate surface area is 204 Å². The van der Waals surface area contributed by atoms with Gasteiger partial charge in [0.15, 0.2) is 0 Å². The van der Waals surface area contributed by atoms with Gasteiger partial charge in [0.2, 0.25) is 11.8 Å². The monoisotopic (exact) mass is 490 g/mol. The van der Waals surface area contributed by atoms with Crippen LogP contribution in [0.5, 0.6) is 0 Å². The summed E-state index contributed by atoms with van der Waals surface area (Å²) < 4.78 is 1.10. The van der Waals surface area contributed by atoms with Gasteiger partial charge in [0.1, 0.15) is 18.2 Å². The van der Waals surface area contributed by atoms with Crippen LogP contribution in [0.1, 0.15) is 39.1 Å². The van der Waals surface area contributed by atoms with Crippen LogP contribution in [0.15, 0.2) is 36.0 Å². The fourth-order valence-electron chi connectivity index (χ4n) is 4.99. The van der Waals surface area contributed by atoms with Crippen LogP contribution in [0.3, 0.4) is 0 Å². The van der Waals surface area contributed by atoms with Crippen LogP contribution in [0.2, 0.25) is 0 Å². The molecule has 4 amide bonds. The summed E-state index contributed by atoms with van der Waals surface area (Å²) in [4.78, 5) is 64.1. The van der Waals surface area contributed by atoms with Crippen molar-refractivity contribution in [3.8, 4) is 0 Å². The minimum Gasteiger partial charge on any atom is -0.353 e. The Morgan fingerprint density at radius 1 is 0.971 bits per heavy atom. The average Bonchev–Trinajstić information content (AvgIpc) is 3.43. The first kappa shape index (κ1) is 21.8. The number of hydrogen-bond acceptors (Lipinski definition) is 9. The van der Waals surface area contributed by atoms with Gasteiger partial charge >= 0.3 is 0 Å². The first-order chi connectivity index (χ1) is 17.0. The molecule has 3 aliphatic rings. The second kappa shape index (κ2) is 8.51. The van der Waals surface area contributed by atoms with Gasteiger partial charge in [-0.1, -0.05) is 6.07 Å². The molecular formula is C24H22N6O4S. The van der Waals surface area contributed by atoms with E-state index < -0.39 is 23.8 Å².